The Morgan fingerprint density at radius 1 is 1.05 bits per heavy atom. The smallest absolute Gasteiger partial charge is 0.128 e. The second kappa shape index (κ2) is 5.91. The molecule has 1 atom stereocenters. The molecule has 0 fully saturated rings. The maximum absolute atomic E-state index is 14.0. The third kappa shape index (κ3) is 3.08. The summed E-state index contributed by atoms with van der Waals surface area (Å²) in [5, 5.41) is 4.06. The van der Waals surface area contributed by atoms with Crippen LogP contribution in [0.5, 0.6) is 0 Å². The molecule has 0 saturated carbocycles. The molecule has 2 aromatic rings. The van der Waals surface area contributed by atoms with Crippen molar-refractivity contribution < 1.29 is 4.39 Å². The zero-order valence-corrected chi connectivity index (χ0v) is 12.2. The number of hydrogen-bond acceptors (Lipinski definition) is 1. The van der Waals surface area contributed by atoms with E-state index < -0.39 is 0 Å². The molecule has 0 aliphatic carbocycles. The Morgan fingerprint density at radius 3 is 2.42 bits per heavy atom. The zero-order valence-electron chi connectivity index (χ0n) is 10.7. The molecule has 100 valence electrons. The van der Waals surface area contributed by atoms with E-state index in [1.54, 1.807) is 25.2 Å². The molecule has 1 unspecified atom stereocenters. The van der Waals surface area contributed by atoms with Crippen molar-refractivity contribution in [3.05, 3.63) is 69.0 Å². The van der Waals surface area contributed by atoms with Crippen molar-refractivity contribution in [2.24, 2.45) is 0 Å². The number of nitrogens with one attached hydrogen (secondary N) is 1. The fourth-order valence-corrected chi connectivity index (χ4v) is 2.38. The van der Waals surface area contributed by atoms with Gasteiger partial charge in [-0.2, -0.15) is 0 Å². The molecular formula is C15H14Cl2FN. The SMILES string of the molecule is CNC(c1ccc(Cl)c(Cl)c1)c1cc(C)ccc1F. The zero-order chi connectivity index (χ0) is 14.0. The van der Waals surface area contributed by atoms with E-state index in [2.05, 4.69) is 5.32 Å². The molecule has 0 aromatic heterocycles. The molecule has 0 saturated heterocycles. The van der Waals surface area contributed by atoms with Gasteiger partial charge in [0.25, 0.3) is 0 Å². The number of aryl methyl sites for hydroxylation is 1. The topological polar surface area (TPSA) is 12.0 Å². The lowest BCUT2D eigenvalue weighted by molar-refractivity contribution is 0.575. The molecule has 19 heavy (non-hydrogen) atoms. The van der Waals surface area contributed by atoms with Gasteiger partial charge in [0.1, 0.15) is 5.82 Å². The highest BCUT2D eigenvalue weighted by atomic mass is 35.5. The minimum atomic E-state index is -0.255. The van der Waals surface area contributed by atoms with Crippen molar-refractivity contribution >= 4 is 23.2 Å². The van der Waals surface area contributed by atoms with Crippen LogP contribution in [0, 0.1) is 12.7 Å². The van der Waals surface area contributed by atoms with Gasteiger partial charge in [0.15, 0.2) is 0 Å². The molecule has 0 radical (unpaired) electrons. The lowest BCUT2D eigenvalue weighted by atomic mass is 9.97. The lowest BCUT2D eigenvalue weighted by Gasteiger charge is -2.19. The quantitative estimate of drug-likeness (QED) is 0.862. The number of halogens is 3. The second-order valence-corrected chi connectivity index (χ2v) is 5.23. The van der Waals surface area contributed by atoms with Crippen molar-refractivity contribution in [2.45, 2.75) is 13.0 Å². The highest BCUT2D eigenvalue weighted by molar-refractivity contribution is 6.42. The summed E-state index contributed by atoms with van der Waals surface area (Å²) in [6.45, 7) is 1.94. The van der Waals surface area contributed by atoms with Crippen molar-refractivity contribution in [1.82, 2.24) is 5.32 Å². The predicted molar refractivity (Wildman–Crippen MR) is 78.5 cm³/mol. The van der Waals surface area contributed by atoms with Crippen LogP contribution in [0.3, 0.4) is 0 Å². The molecule has 2 rings (SSSR count). The van der Waals surface area contributed by atoms with E-state index >= 15 is 0 Å². The average molecular weight is 298 g/mol. The summed E-state index contributed by atoms with van der Waals surface area (Å²) >= 11 is 11.9. The van der Waals surface area contributed by atoms with Crippen LogP contribution in [0.25, 0.3) is 0 Å². The van der Waals surface area contributed by atoms with Crippen molar-refractivity contribution in [2.75, 3.05) is 7.05 Å². The molecule has 2 aromatic carbocycles. The number of rotatable bonds is 3. The minimum absolute atomic E-state index is 0.240. The van der Waals surface area contributed by atoms with E-state index in [9.17, 15) is 4.39 Å². The van der Waals surface area contributed by atoms with Gasteiger partial charge in [-0.05, 0) is 37.7 Å². The first-order valence-corrected chi connectivity index (χ1v) is 6.66. The summed E-state index contributed by atoms with van der Waals surface area (Å²) in [7, 11) is 1.79. The van der Waals surface area contributed by atoms with Crippen LogP contribution in [0.4, 0.5) is 4.39 Å². The molecule has 1 N–H and O–H groups in total. The van der Waals surface area contributed by atoms with Crippen LogP contribution in [0.2, 0.25) is 10.0 Å². The highest BCUT2D eigenvalue weighted by Gasteiger charge is 2.17. The number of benzene rings is 2. The molecule has 4 heteroatoms. The van der Waals surface area contributed by atoms with E-state index in [0.29, 0.717) is 15.6 Å². The van der Waals surface area contributed by atoms with Crippen LogP contribution >= 0.6 is 23.2 Å². The van der Waals surface area contributed by atoms with Crippen LogP contribution < -0.4 is 5.32 Å². The summed E-state index contributed by atoms with van der Waals surface area (Å²) in [6, 6.07) is 10.1. The minimum Gasteiger partial charge on any atom is -0.309 e. The van der Waals surface area contributed by atoms with Gasteiger partial charge in [-0.1, -0.05) is 47.0 Å². The summed E-state index contributed by atoms with van der Waals surface area (Å²) in [4.78, 5) is 0. The monoisotopic (exact) mass is 297 g/mol. The first-order valence-electron chi connectivity index (χ1n) is 5.91. The standard InChI is InChI=1S/C15H14Cl2FN/c1-9-3-6-14(18)11(7-9)15(19-2)10-4-5-12(16)13(17)8-10/h3-8,15,19H,1-2H3. The Kier molecular flexibility index (Phi) is 4.46. The maximum Gasteiger partial charge on any atom is 0.128 e. The van der Waals surface area contributed by atoms with Crippen molar-refractivity contribution in [1.29, 1.82) is 0 Å². The van der Waals surface area contributed by atoms with Crippen LogP contribution in [0.1, 0.15) is 22.7 Å². The fourth-order valence-electron chi connectivity index (χ4n) is 2.08. The van der Waals surface area contributed by atoms with Crippen LogP contribution in [0.15, 0.2) is 36.4 Å². The molecule has 0 aliphatic rings. The van der Waals surface area contributed by atoms with Gasteiger partial charge in [-0.15, -0.1) is 0 Å². The maximum atomic E-state index is 14.0. The largest absolute Gasteiger partial charge is 0.309 e. The Bertz CT molecular complexity index is 599. The van der Waals surface area contributed by atoms with Gasteiger partial charge >= 0.3 is 0 Å². The molecule has 0 spiro atoms. The summed E-state index contributed by atoms with van der Waals surface area (Å²) in [5.41, 5.74) is 2.49. The Labute approximate surface area is 122 Å². The van der Waals surface area contributed by atoms with Crippen LogP contribution in [-0.2, 0) is 0 Å². The normalized spacial score (nSPS) is 12.5. The molecule has 0 aliphatic heterocycles. The second-order valence-electron chi connectivity index (χ2n) is 4.42. The molecule has 0 bridgehead atoms. The van der Waals surface area contributed by atoms with E-state index in [4.69, 9.17) is 23.2 Å². The van der Waals surface area contributed by atoms with Crippen molar-refractivity contribution in [3.63, 3.8) is 0 Å². The predicted octanol–water partition coefficient (Wildman–Crippen LogP) is 4.75. The van der Waals surface area contributed by atoms with E-state index in [0.717, 1.165) is 11.1 Å². The van der Waals surface area contributed by atoms with Gasteiger partial charge < -0.3 is 5.32 Å². The van der Waals surface area contributed by atoms with E-state index in [1.165, 1.54) is 6.07 Å². The van der Waals surface area contributed by atoms with E-state index in [-0.39, 0.29) is 11.9 Å². The Morgan fingerprint density at radius 2 is 1.79 bits per heavy atom. The van der Waals surface area contributed by atoms with Gasteiger partial charge in [-0.25, -0.2) is 4.39 Å². The summed E-state index contributed by atoms with van der Waals surface area (Å²) in [5.74, 6) is -0.240. The average Bonchev–Trinajstić information content (AvgIpc) is 2.38. The third-order valence-corrected chi connectivity index (χ3v) is 3.77. The first kappa shape index (κ1) is 14.3. The van der Waals surface area contributed by atoms with Gasteiger partial charge in [0.2, 0.25) is 0 Å². The van der Waals surface area contributed by atoms with E-state index in [1.807, 2.05) is 19.1 Å². The van der Waals surface area contributed by atoms with Gasteiger partial charge in [-0.3, -0.25) is 0 Å². The Hall–Kier alpha value is -1.09. The summed E-state index contributed by atoms with van der Waals surface area (Å²) in [6.07, 6.45) is 0. The lowest BCUT2D eigenvalue weighted by Crippen LogP contribution is -2.19. The highest BCUT2D eigenvalue weighted by Crippen LogP contribution is 2.30. The molecule has 1 nitrogen and oxygen atoms in total. The van der Waals surface area contributed by atoms with Gasteiger partial charge in [0.05, 0.1) is 16.1 Å². The third-order valence-electron chi connectivity index (χ3n) is 3.03. The molecular weight excluding hydrogens is 284 g/mol. The first-order chi connectivity index (χ1) is 9.02. The summed E-state index contributed by atoms with van der Waals surface area (Å²) < 4.78 is 14.0. The molecule has 0 heterocycles. The molecule has 0 amide bonds. The van der Waals surface area contributed by atoms with Gasteiger partial charge in [0, 0.05) is 5.56 Å². The fraction of sp³-hybridized carbons (Fsp3) is 0.200. The van der Waals surface area contributed by atoms with Crippen molar-refractivity contribution in [3.8, 4) is 0 Å². The van der Waals surface area contributed by atoms with Crippen LogP contribution in [-0.4, -0.2) is 7.05 Å². The number of hydrogen-bond donors (Lipinski definition) is 1. The Balaban J connectivity index is 2.49.